The van der Waals surface area contributed by atoms with Gasteiger partial charge in [0.2, 0.25) is 0 Å². The van der Waals surface area contributed by atoms with E-state index >= 15 is 0 Å². The van der Waals surface area contributed by atoms with Crippen molar-refractivity contribution in [1.29, 1.82) is 0 Å². The van der Waals surface area contributed by atoms with Gasteiger partial charge in [-0.1, -0.05) is 11.6 Å². The summed E-state index contributed by atoms with van der Waals surface area (Å²) in [6.07, 6.45) is 0. The number of halogens is 2. The van der Waals surface area contributed by atoms with Gasteiger partial charge in [0.05, 0.1) is 11.6 Å². The molecule has 2 nitrogen and oxygen atoms in total. The van der Waals surface area contributed by atoms with Crippen LogP contribution in [0, 0.1) is 0 Å². The van der Waals surface area contributed by atoms with Crippen molar-refractivity contribution in [3.05, 3.63) is 33.8 Å². The standard InChI is InChI=1S/C11H13BrClNO/c1-8(6-13)7-14-9-3-4-10(12)11(5-9)15-2/h3-6,14H,7H2,1-2H3/b8-6+. The maximum atomic E-state index is 5.57. The number of ether oxygens (including phenoxy) is 1. The molecule has 0 fully saturated rings. The maximum Gasteiger partial charge on any atom is 0.135 e. The summed E-state index contributed by atoms with van der Waals surface area (Å²) >= 11 is 8.97. The molecule has 0 aliphatic heterocycles. The summed E-state index contributed by atoms with van der Waals surface area (Å²) in [7, 11) is 1.65. The zero-order chi connectivity index (χ0) is 11.3. The van der Waals surface area contributed by atoms with E-state index in [1.807, 2.05) is 25.1 Å². The molecule has 0 aromatic heterocycles. The first-order valence-corrected chi connectivity index (χ1v) is 5.73. The first-order chi connectivity index (χ1) is 7.17. The molecule has 0 saturated carbocycles. The molecule has 0 spiro atoms. The van der Waals surface area contributed by atoms with Crippen LogP contribution in [0.4, 0.5) is 5.69 Å². The van der Waals surface area contributed by atoms with Crippen LogP contribution in [0.1, 0.15) is 6.92 Å². The number of anilines is 1. The van der Waals surface area contributed by atoms with E-state index in [2.05, 4.69) is 21.2 Å². The van der Waals surface area contributed by atoms with Gasteiger partial charge in [0, 0.05) is 23.8 Å². The molecular weight excluding hydrogens is 277 g/mol. The van der Waals surface area contributed by atoms with Crippen molar-refractivity contribution in [3.63, 3.8) is 0 Å². The Balaban J connectivity index is 2.70. The summed E-state index contributed by atoms with van der Waals surface area (Å²) in [5.74, 6) is 0.813. The van der Waals surface area contributed by atoms with Gasteiger partial charge < -0.3 is 10.1 Å². The van der Waals surface area contributed by atoms with E-state index in [1.165, 1.54) is 0 Å². The van der Waals surface area contributed by atoms with Crippen molar-refractivity contribution in [1.82, 2.24) is 0 Å². The maximum absolute atomic E-state index is 5.57. The highest BCUT2D eigenvalue weighted by Gasteiger charge is 2.00. The lowest BCUT2D eigenvalue weighted by atomic mass is 10.3. The molecule has 0 aliphatic rings. The van der Waals surface area contributed by atoms with Gasteiger partial charge in [-0.3, -0.25) is 0 Å². The lowest BCUT2D eigenvalue weighted by Crippen LogP contribution is -2.02. The van der Waals surface area contributed by atoms with Crippen molar-refractivity contribution in [2.45, 2.75) is 6.92 Å². The predicted molar refractivity (Wildman–Crippen MR) is 68.8 cm³/mol. The molecule has 0 amide bonds. The average molecular weight is 291 g/mol. The Kier molecular flexibility index (Phi) is 4.99. The van der Waals surface area contributed by atoms with Crippen molar-refractivity contribution in [3.8, 4) is 5.75 Å². The van der Waals surface area contributed by atoms with Crippen LogP contribution < -0.4 is 10.1 Å². The summed E-state index contributed by atoms with van der Waals surface area (Å²) < 4.78 is 6.14. The molecule has 0 aliphatic carbocycles. The topological polar surface area (TPSA) is 21.3 Å². The molecular formula is C11H13BrClNO. The van der Waals surface area contributed by atoms with Crippen LogP contribution in [0.15, 0.2) is 33.8 Å². The number of nitrogens with one attached hydrogen (secondary N) is 1. The van der Waals surface area contributed by atoms with Crippen LogP contribution in [0.3, 0.4) is 0 Å². The van der Waals surface area contributed by atoms with Crippen LogP contribution in [0.25, 0.3) is 0 Å². The molecule has 1 N–H and O–H groups in total. The van der Waals surface area contributed by atoms with Gasteiger partial charge in [-0.05, 0) is 40.6 Å². The van der Waals surface area contributed by atoms with Crippen molar-refractivity contribution in [2.24, 2.45) is 0 Å². The van der Waals surface area contributed by atoms with Crippen LogP contribution in [-0.2, 0) is 0 Å². The molecule has 0 unspecified atom stereocenters. The molecule has 1 aromatic carbocycles. The molecule has 1 aromatic rings. The van der Waals surface area contributed by atoms with Crippen LogP contribution in [0.2, 0.25) is 0 Å². The zero-order valence-electron chi connectivity index (χ0n) is 8.68. The van der Waals surface area contributed by atoms with E-state index in [1.54, 1.807) is 12.6 Å². The van der Waals surface area contributed by atoms with Gasteiger partial charge in [0.25, 0.3) is 0 Å². The van der Waals surface area contributed by atoms with Crippen molar-refractivity contribution < 1.29 is 4.74 Å². The van der Waals surface area contributed by atoms with E-state index in [9.17, 15) is 0 Å². The Morgan fingerprint density at radius 1 is 1.60 bits per heavy atom. The Labute approximate surface area is 103 Å². The predicted octanol–water partition coefficient (Wildman–Crippen LogP) is 4.01. The quantitative estimate of drug-likeness (QED) is 0.904. The summed E-state index contributed by atoms with van der Waals surface area (Å²) in [6, 6.07) is 5.86. The summed E-state index contributed by atoms with van der Waals surface area (Å²) in [6.45, 7) is 2.70. The van der Waals surface area contributed by atoms with Gasteiger partial charge in [-0.15, -0.1) is 0 Å². The number of methoxy groups -OCH3 is 1. The third-order valence-electron chi connectivity index (χ3n) is 1.91. The van der Waals surface area contributed by atoms with E-state index in [4.69, 9.17) is 16.3 Å². The highest BCUT2D eigenvalue weighted by atomic mass is 79.9. The van der Waals surface area contributed by atoms with Gasteiger partial charge >= 0.3 is 0 Å². The lowest BCUT2D eigenvalue weighted by Gasteiger charge is -2.09. The molecule has 0 atom stereocenters. The van der Waals surface area contributed by atoms with Crippen LogP contribution >= 0.6 is 27.5 Å². The molecule has 82 valence electrons. The fourth-order valence-electron chi connectivity index (χ4n) is 1.05. The summed E-state index contributed by atoms with van der Waals surface area (Å²) in [4.78, 5) is 0. The number of benzene rings is 1. The minimum Gasteiger partial charge on any atom is -0.495 e. The zero-order valence-corrected chi connectivity index (χ0v) is 11.0. The third kappa shape index (κ3) is 3.76. The number of hydrogen-bond donors (Lipinski definition) is 1. The van der Waals surface area contributed by atoms with Crippen LogP contribution in [0.5, 0.6) is 5.75 Å². The molecule has 0 saturated heterocycles. The highest BCUT2D eigenvalue weighted by molar-refractivity contribution is 9.10. The largest absolute Gasteiger partial charge is 0.495 e. The summed E-state index contributed by atoms with van der Waals surface area (Å²) in [5, 5.41) is 3.24. The fourth-order valence-corrected chi connectivity index (χ4v) is 1.54. The first kappa shape index (κ1) is 12.4. The first-order valence-electron chi connectivity index (χ1n) is 4.50. The van der Waals surface area contributed by atoms with E-state index in [-0.39, 0.29) is 0 Å². The summed E-state index contributed by atoms with van der Waals surface area (Å²) in [5.41, 5.74) is 3.66. The second kappa shape index (κ2) is 6.03. The SMILES string of the molecule is COc1cc(NC/C(C)=C/Cl)ccc1Br. The van der Waals surface area contributed by atoms with Crippen molar-refractivity contribution in [2.75, 3.05) is 19.0 Å². The number of rotatable bonds is 4. The fraction of sp³-hybridized carbons (Fsp3) is 0.273. The molecule has 15 heavy (non-hydrogen) atoms. The monoisotopic (exact) mass is 289 g/mol. The molecule has 1 rings (SSSR count). The average Bonchev–Trinajstić information content (AvgIpc) is 2.27. The van der Waals surface area contributed by atoms with Gasteiger partial charge in [-0.25, -0.2) is 0 Å². The molecule has 4 heteroatoms. The van der Waals surface area contributed by atoms with Crippen LogP contribution in [-0.4, -0.2) is 13.7 Å². The smallest absolute Gasteiger partial charge is 0.135 e. The molecule has 0 bridgehead atoms. The molecule has 0 radical (unpaired) electrons. The van der Waals surface area contributed by atoms with Gasteiger partial charge in [0.1, 0.15) is 5.75 Å². The second-order valence-corrected chi connectivity index (χ2v) is 4.23. The van der Waals surface area contributed by atoms with E-state index in [0.717, 1.165) is 28.0 Å². The van der Waals surface area contributed by atoms with Crippen molar-refractivity contribution >= 4 is 33.2 Å². The molecule has 0 heterocycles. The highest BCUT2D eigenvalue weighted by Crippen LogP contribution is 2.27. The lowest BCUT2D eigenvalue weighted by molar-refractivity contribution is 0.412. The minimum atomic E-state index is 0.730. The Hall–Kier alpha value is -0.670. The normalized spacial score (nSPS) is 11.3. The van der Waals surface area contributed by atoms with E-state index in [0.29, 0.717) is 0 Å². The second-order valence-electron chi connectivity index (χ2n) is 3.16. The van der Waals surface area contributed by atoms with Gasteiger partial charge in [-0.2, -0.15) is 0 Å². The Bertz CT molecular complexity index is 366. The Morgan fingerprint density at radius 3 is 2.93 bits per heavy atom. The minimum absolute atomic E-state index is 0.730. The van der Waals surface area contributed by atoms with E-state index < -0.39 is 0 Å². The number of hydrogen-bond acceptors (Lipinski definition) is 2. The third-order valence-corrected chi connectivity index (χ3v) is 2.94. The van der Waals surface area contributed by atoms with Gasteiger partial charge in [0.15, 0.2) is 0 Å². The Morgan fingerprint density at radius 2 is 2.33 bits per heavy atom.